The lowest BCUT2D eigenvalue weighted by Gasteiger charge is -2.24. The van der Waals surface area contributed by atoms with Gasteiger partial charge in [0.05, 0.1) is 0 Å². The number of quaternary nitrogens is 1. The minimum Gasteiger partial charge on any atom is -1.00 e. The molecular weight excluding hydrogens is 281 g/mol. The summed E-state index contributed by atoms with van der Waals surface area (Å²) in [5.41, 5.74) is 0. The Morgan fingerprint density at radius 1 is 1.54 bits per heavy atom. The number of carbonyl (C=O) groups is 1. The average Bonchev–Trinajstić information content (AvgIpc) is 2.00. The Hall–Kier alpha value is -0.100. The number of carbonyl (C=O) groups excluding carboxylic acids is 1. The molecule has 0 unspecified atom stereocenters. The Labute approximate surface area is 97.3 Å². The van der Waals surface area contributed by atoms with E-state index in [0.29, 0.717) is 0 Å². The highest BCUT2D eigenvalue weighted by molar-refractivity contribution is 5.80. The van der Waals surface area contributed by atoms with Gasteiger partial charge in [-0.15, -0.1) is 4.65 Å². The van der Waals surface area contributed by atoms with Gasteiger partial charge in [-0.1, -0.05) is 19.9 Å². The standard InChI is InChI=1S/C9H18NO2.HI/c1-5-7-8-10(3,4)12-9(11)6-2;/h6H,2,5,7-8H2,1,3-4H3;1H/q+1;/p-1. The molecule has 0 aliphatic heterocycles. The van der Waals surface area contributed by atoms with Crippen LogP contribution in [-0.2, 0) is 9.63 Å². The summed E-state index contributed by atoms with van der Waals surface area (Å²) in [7, 11) is 3.72. The number of hydrogen-bond donors (Lipinski definition) is 0. The second kappa shape index (κ2) is 7.32. The predicted octanol–water partition coefficient (Wildman–Crippen LogP) is -1.49. The number of nitrogens with zero attached hydrogens (tertiary/aromatic N) is 1. The Balaban J connectivity index is 0. The molecule has 0 aliphatic rings. The van der Waals surface area contributed by atoms with E-state index in [1.54, 1.807) is 0 Å². The van der Waals surface area contributed by atoms with Crippen molar-refractivity contribution in [3.63, 3.8) is 0 Å². The van der Waals surface area contributed by atoms with Crippen molar-refractivity contribution in [3.8, 4) is 0 Å². The van der Waals surface area contributed by atoms with Crippen molar-refractivity contribution in [2.24, 2.45) is 0 Å². The summed E-state index contributed by atoms with van der Waals surface area (Å²) in [6, 6.07) is 0. The molecular formula is C9H18INO2. The Morgan fingerprint density at radius 2 is 2.08 bits per heavy atom. The van der Waals surface area contributed by atoms with E-state index in [2.05, 4.69) is 13.5 Å². The normalized spacial score (nSPS) is 10.1. The van der Waals surface area contributed by atoms with Gasteiger partial charge in [-0.2, -0.15) is 0 Å². The Morgan fingerprint density at radius 3 is 2.46 bits per heavy atom. The van der Waals surface area contributed by atoms with E-state index in [1.807, 2.05) is 14.1 Å². The van der Waals surface area contributed by atoms with E-state index in [0.717, 1.165) is 19.4 Å². The number of hydrogen-bond acceptors (Lipinski definition) is 2. The first-order chi connectivity index (χ1) is 5.52. The highest BCUT2D eigenvalue weighted by atomic mass is 127. The summed E-state index contributed by atoms with van der Waals surface area (Å²) in [5.74, 6) is -0.365. The van der Waals surface area contributed by atoms with Crippen molar-refractivity contribution in [1.29, 1.82) is 0 Å². The number of hydroxylamine groups is 3. The summed E-state index contributed by atoms with van der Waals surface area (Å²) in [6.45, 7) is 6.29. The van der Waals surface area contributed by atoms with Gasteiger partial charge in [0.25, 0.3) is 0 Å². The van der Waals surface area contributed by atoms with Crippen LogP contribution < -0.4 is 24.0 Å². The van der Waals surface area contributed by atoms with E-state index in [4.69, 9.17) is 4.84 Å². The van der Waals surface area contributed by atoms with E-state index >= 15 is 0 Å². The minimum absolute atomic E-state index is 0. The van der Waals surface area contributed by atoms with Gasteiger partial charge in [-0.05, 0) is 6.42 Å². The molecule has 0 aromatic carbocycles. The van der Waals surface area contributed by atoms with Crippen LogP contribution in [-0.4, -0.2) is 31.3 Å². The third-order valence-corrected chi connectivity index (χ3v) is 1.55. The van der Waals surface area contributed by atoms with Crippen LogP contribution >= 0.6 is 0 Å². The molecule has 0 spiro atoms. The Bertz CT molecular complexity index is 169. The molecule has 4 heteroatoms. The summed E-state index contributed by atoms with van der Waals surface area (Å²) in [5, 5.41) is 0. The molecule has 0 N–H and O–H groups in total. The molecule has 0 amide bonds. The zero-order valence-corrected chi connectivity index (χ0v) is 10.7. The smallest absolute Gasteiger partial charge is 0.389 e. The van der Waals surface area contributed by atoms with Crippen LogP contribution in [0.3, 0.4) is 0 Å². The van der Waals surface area contributed by atoms with E-state index in [1.165, 1.54) is 6.08 Å². The van der Waals surface area contributed by atoms with Crippen molar-refractivity contribution >= 4 is 5.97 Å². The van der Waals surface area contributed by atoms with E-state index in [-0.39, 0.29) is 34.6 Å². The first kappa shape index (κ1) is 15.4. The van der Waals surface area contributed by atoms with E-state index < -0.39 is 0 Å². The van der Waals surface area contributed by atoms with Gasteiger partial charge < -0.3 is 24.0 Å². The molecule has 0 rings (SSSR count). The number of rotatable bonds is 5. The second-order valence-electron chi connectivity index (χ2n) is 3.27. The lowest BCUT2D eigenvalue weighted by molar-refractivity contribution is -1.06. The van der Waals surface area contributed by atoms with Gasteiger partial charge in [0.15, 0.2) is 0 Å². The third-order valence-electron chi connectivity index (χ3n) is 1.55. The molecule has 0 heterocycles. The SMILES string of the molecule is C=CC(=O)O[N+](C)(C)CCCC.[I-]. The molecule has 0 aromatic heterocycles. The molecule has 3 nitrogen and oxygen atoms in total. The highest BCUT2D eigenvalue weighted by Crippen LogP contribution is 2.03. The van der Waals surface area contributed by atoms with Crippen molar-refractivity contribution in [2.45, 2.75) is 19.8 Å². The predicted molar refractivity (Wildman–Crippen MR) is 48.2 cm³/mol. The molecule has 0 saturated carbocycles. The molecule has 0 aromatic rings. The van der Waals surface area contributed by atoms with Gasteiger partial charge >= 0.3 is 5.97 Å². The van der Waals surface area contributed by atoms with Crippen LogP contribution in [0.1, 0.15) is 19.8 Å². The second-order valence-corrected chi connectivity index (χ2v) is 3.27. The zero-order valence-electron chi connectivity index (χ0n) is 8.55. The molecule has 0 aliphatic carbocycles. The maximum atomic E-state index is 10.8. The lowest BCUT2D eigenvalue weighted by atomic mass is 10.3. The first-order valence-electron chi connectivity index (χ1n) is 4.21. The van der Waals surface area contributed by atoms with Gasteiger partial charge in [0, 0.05) is 6.08 Å². The lowest BCUT2D eigenvalue weighted by Crippen LogP contribution is -3.00. The minimum atomic E-state index is -0.365. The Kier molecular flexibility index (Phi) is 8.65. The maximum absolute atomic E-state index is 10.8. The summed E-state index contributed by atoms with van der Waals surface area (Å²) >= 11 is 0. The number of unbranched alkanes of at least 4 members (excludes halogenated alkanes) is 1. The van der Waals surface area contributed by atoms with Gasteiger partial charge in [0.1, 0.15) is 20.6 Å². The van der Waals surface area contributed by atoms with Crippen LogP contribution in [0.5, 0.6) is 0 Å². The average molecular weight is 299 g/mol. The zero-order chi connectivity index (χ0) is 9.61. The van der Waals surface area contributed by atoms with Crippen LogP contribution in [0.4, 0.5) is 0 Å². The quantitative estimate of drug-likeness (QED) is 0.268. The van der Waals surface area contributed by atoms with Crippen molar-refractivity contribution in [3.05, 3.63) is 12.7 Å². The molecule has 0 fully saturated rings. The highest BCUT2D eigenvalue weighted by Gasteiger charge is 2.19. The van der Waals surface area contributed by atoms with Crippen LogP contribution in [0.2, 0.25) is 0 Å². The third kappa shape index (κ3) is 8.24. The molecule has 0 radical (unpaired) electrons. The van der Waals surface area contributed by atoms with Crippen LogP contribution in [0.15, 0.2) is 12.7 Å². The van der Waals surface area contributed by atoms with Crippen LogP contribution in [0.25, 0.3) is 0 Å². The summed E-state index contributed by atoms with van der Waals surface area (Å²) in [6.07, 6.45) is 3.34. The molecule has 78 valence electrons. The fraction of sp³-hybridized carbons (Fsp3) is 0.667. The van der Waals surface area contributed by atoms with Gasteiger partial charge in [-0.3, -0.25) is 4.84 Å². The van der Waals surface area contributed by atoms with Crippen molar-refractivity contribution in [1.82, 2.24) is 0 Å². The topological polar surface area (TPSA) is 26.3 Å². The van der Waals surface area contributed by atoms with Crippen LogP contribution in [0, 0.1) is 0 Å². The monoisotopic (exact) mass is 299 g/mol. The van der Waals surface area contributed by atoms with E-state index in [9.17, 15) is 4.79 Å². The number of halogens is 1. The fourth-order valence-corrected chi connectivity index (χ4v) is 0.865. The molecule has 0 atom stereocenters. The maximum Gasteiger partial charge on any atom is 0.389 e. The summed E-state index contributed by atoms with van der Waals surface area (Å²) < 4.78 is 0.276. The van der Waals surface area contributed by atoms with Crippen molar-refractivity contribution < 1.29 is 38.3 Å². The fourth-order valence-electron chi connectivity index (χ4n) is 0.865. The summed E-state index contributed by atoms with van der Waals surface area (Å²) in [4.78, 5) is 15.9. The molecule has 0 saturated heterocycles. The van der Waals surface area contributed by atoms with Gasteiger partial charge in [-0.25, -0.2) is 4.79 Å². The molecule has 13 heavy (non-hydrogen) atoms. The first-order valence-corrected chi connectivity index (χ1v) is 4.21. The largest absolute Gasteiger partial charge is 1.00 e. The molecule has 0 bridgehead atoms. The van der Waals surface area contributed by atoms with Gasteiger partial charge in [0.2, 0.25) is 0 Å². The van der Waals surface area contributed by atoms with Crippen molar-refractivity contribution in [2.75, 3.05) is 20.6 Å².